The molecule has 0 saturated carbocycles. The summed E-state index contributed by atoms with van der Waals surface area (Å²) in [6.45, 7) is 3.50. The maximum atomic E-state index is 5.43. The Morgan fingerprint density at radius 1 is 1.55 bits per heavy atom. The summed E-state index contributed by atoms with van der Waals surface area (Å²) in [5.41, 5.74) is 5.43. The van der Waals surface area contributed by atoms with Crippen LogP contribution >= 0.6 is 0 Å². The second-order valence-electron chi connectivity index (χ2n) is 2.11. The van der Waals surface area contributed by atoms with Crippen molar-refractivity contribution in [2.75, 3.05) is 0 Å². The molecule has 0 bridgehead atoms. The molecule has 0 aromatic carbocycles. The quantitative estimate of drug-likeness (QED) is 0.473. The predicted octanol–water partition coefficient (Wildman–Crippen LogP) is 1.18. The van der Waals surface area contributed by atoms with Gasteiger partial charge in [-0.3, -0.25) is 0 Å². The van der Waals surface area contributed by atoms with Crippen LogP contribution in [-0.4, -0.2) is 10.8 Å². The second-order valence-corrected chi connectivity index (χ2v) is 2.11. The fraction of sp³-hybridized carbons (Fsp3) is 0.125. The first-order valence-electron chi connectivity index (χ1n) is 3.41. The van der Waals surface area contributed by atoms with Gasteiger partial charge in [-0.25, -0.2) is 5.01 Å². The van der Waals surface area contributed by atoms with Crippen LogP contribution in [0.25, 0.3) is 0 Å². The largest absolute Gasteiger partial charge is 0.382 e. The van der Waals surface area contributed by atoms with Crippen LogP contribution in [0.4, 0.5) is 0 Å². The van der Waals surface area contributed by atoms with E-state index in [1.165, 1.54) is 6.08 Å². The van der Waals surface area contributed by atoms with E-state index < -0.39 is 0 Å². The molecule has 0 spiro atoms. The van der Waals surface area contributed by atoms with Crippen LogP contribution in [0.5, 0.6) is 0 Å². The number of amidine groups is 1. The molecule has 1 heterocycles. The van der Waals surface area contributed by atoms with Crippen molar-refractivity contribution in [2.45, 2.75) is 6.42 Å². The average molecular weight is 149 g/mol. The first-order valence-corrected chi connectivity index (χ1v) is 3.41. The van der Waals surface area contributed by atoms with Crippen LogP contribution in [0.2, 0.25) is 0 Å². The Bertz CT molecular complexity index is 213. The van der Waals surface area contributed by atoms with Crippen LogP contribution in [0.3, 0.4) is 0 Å². The lowest BCUT2D eigenvalue weighted by Gasteiger charge is -2.10. The molecule has 3 nitrogen and oxygen atoms in total. The SMILES string of the molecule is C=CC(N)=NN1C=CCC=C1. The van der Waals surface area contributed by atoms with Gasteiger partial charge < -0.3 is 5.73 Å². The minimum absolute atomic E-state index is 0.418. The number of nitrogens with zero attached hydrogens (tertiary/aromatic N) is 2. The van der Waals surface area contributed by atoms with Crippen LogP contribution in [0.1, 0.15) is 6.42 Å². The van der Waals surface area contributed by atoms with Gasteiger partial charge in [0.1, 0.15) is 5.84 Å². The van der Waals surface area contributed by atoms with E-state index in [4.69, 9.17) is 5.73 Å². The van der Waals surface area contributed by atoms with E-state index >= 15 is 0 Å². The average Bonchev–Trinajstić information content (AvgIpc) is 2.06. The van der Waals surface area contributed by atoms with Gasteiger partial charge in [0.05, 0.1) is 0 Å². The molecule has 0 radical (unpaired) electrons. The Kier molecular flexibility index (Phi) is 2.49. The molecule has 2 N–H and O–H groups in total. The Morgan fingerprint density at radius 3 is 2.73 bits per heavy atom. The minimum Gasteiger partial charge on any atom is -0.382 e. The summed E-state index contributed by atoms with van der Waals surface area (Å²) in [7, 11) is 0. The van der Waals surface area contributed by atoms with Crippen LogP contribution < -0.4 is 5.73 Å². The van der Waals surface area contributed by atoms with E-state index in [2.05, 4.69) is 11.7 Å². The van der Waals surface area contributed by atoms with Crippen molar-refractivity contribution in [2.24, 2.45) is 10.8 Å². The molecule has 0 amide bonds. The molecule has 0 atom stereocenters. The molecule has 1 aliphatic rings. The van der Waals surface area contributed by atoms with Crippen molar-refractivity contribution in [3.63, 3.8) is 0 Å². The third-order valence-corrected chi connectivity index (χ3v) is 1.23. The van der Waals surface area contributed by atoms with Gasteiger partial charge in [0.2, 0.25) is 0 Å². The van der Waals surface area contributed by atoms with E-state index in [0.717, 1.165) is 6.42 Å². The monoisotopic (exact) mass is 149 g/mol. The summed E-state index contributed by atoms with van der Waals surface area (Å²) < 4.78 is 0. The smallest absolute Gasteiger partial charge is 0.143 e. The molecule has 0 aromatic heterocycles. The number of hydrogen-bond donors (Lipinski definition) is 1. The summed E-state index contributed by atoms with van der Waals surface area (Å²) in [6, 6.07) is 0. The molecule has 1 aliphatic heterocycles. The van der Waals surface area contributed by atoms with E-state index in [1.807, 2.05) is 24.6 Å². The van der Waals surface area contributed by atoms with Crippen molar-refractivity contribution < 1.29 is 0 Å². The zero-order valence-electron chi connectivity index (χ0n) is 6.27. The Labute approximate surface area is 66.2 Å². The highest BCUT2D eigenvalue weighted by atomic mass is 15.4. The molecule has 0 aromatic rings. The first kappa shape index (κ1) is 7.60. The van der Waals surface area contributed by atoms with Gasteiger partial charge in [-0.15, -0.1) is 0 Å². The molecule has 0 aliphatic carbocycles. The minimum atomic E-state index is 0.418. The maximum Gasteiger partial charge on any atom is 0.143 e. The lowest BCUT2D eigenvalue weighted by molar-refractivity contribution is 0.535. The van der Waals surface area contributed by atoms with E-state index in [-0.39, 0.29) is 0 Å². The van der Waals surface area contributed by atoms with Gasteiger partial charge >= 0.3 is 0 Å². The van der Waals surface area contributed by atoms with Gasteiger partial charge in [0.25, 0.3) is 0 Å². The topological polar surface area (TPSA) is 41.6 Å². The molecule has 0 fully saturated rings. The zero-order valence-corrected chi connectivity index (χ0v) is 6.27. The third-order valence-electron chi connectivity index (χ3n) is 1.23. The van der Waals surface area contributed by atoms with Gasteiger partial charge in [-0.2, -0.15) is 5.10 Å². The van der Waals surface area contributed by atoms with Gasteiger partial charge in [0.15, 0.2) is 0 Å². The standard InChI is InChI=1S/C8H11N3/c1-2-8(9)10-11-6-4-3-5-7-11/h2,4-7H,1,3H2,(H2,9,10). The number of hydrazone groups is 1. The number of nitrogens with two attached hydrogens (primary N) is 1. The summed E-state index contributed by atoms with van der Waals surface area (Å²) in [4.78, 5) is 0. The van der Waals surface area contributed by atoms with Crippen LogP contribution in [0, 0.1) is 0 Å². The van der Waals surface area contributed by atoms with E-state index in [1.54, 1.807) is 5.01 Å². The fourth-order valence-electron chi connectivity index (χ4n) is 0.707. The van der Waals surface area contributed by atoms with Gasteiger partial charge in [-0.05, 0) is 12.5 Å². The Hall–Kier alpha value is -1.51. The molecule has 58 valence electrons. The van der Waals surface area contributed by atoms with E-state index in [0.29, 0.717) is 5.84 Å². The lowest BCUT2D eigenvalue weighted by atomic mass is 10.3. The highest BCUT2D eigenvalue weighted by Crippen LogP contribution is 2.02. The van der Waals surface area contributed by atoms with Crippen molar-refractivity contribution in [1.82, 2.24) is 5.01 Å². The highest BCUT2D eigenvalue weighted by molar-refractivity contribution is 5.90. The zero-order chi connectivity index (χ0) is 8.10. The fourth-order valence-corrected chi connectivity index (χ4v) is 0.707. The van der Waals surface area contributed by atoms with Crippen molar-refractivity contribution >= 4 is 5.84 Å². The number of allylic oxidation sites excluding steroid dienone is 2. The van der Waals surface area contributed by atoms with Gasteiger partial charge in [-0.1, -0.05) is 18.7 Å². The van der Waals surface area contributed by atoms with Crippen LogP contribution in [0.15, 0.2) is 42.3 Å². The molecular weight excluding hydrogens is 138 g/mol. The predicted molar refractivity (Wildman–Crippen MR) is 46.6 cm³/mol. The first-order chi connectivity index (χ1) is 5.33. The summed E-state index contributed by atoms with van der Waals surface area (Å²) in [6.07, 6.45) is 10.2. The van der Waals surface area contributed by atoms with E-state index in [9.17, 15) is 0 Å². The van der Waals surface area contributed by atoms with Crippen molar-refractivity contribution in [3.05, 3.63) is 37.2 Å². The maximum absolute atomic E-state index is 5.43. The molecule has 11 heavy (non-hydrogen) atoms. The molecule has 1 rings (SSSR count). The summed E-state index contributed by atoms with van der Waals surface area (Å²) in [5.74, 6) is 0.418. The highest BCUT2D eigenvalue weighted by Gasteiger charge is 1.93. The third kappa shape index (κ3) is 2.29. The second kappa shape index (κ2) is 3.61. The van der Waals surface area contributed by atoms with Gasteiger partial charge in [0, 0.05) is 12.4 Å². The molecule has 0 unspecified atom stereocenters. The normalized spacial score (nSPS) is 17.1. The number of hydrogen-bond acceptors (Lipinski definition) is 2. The van der Waals surface area contributed by atoms with Crippen LogP contribution in [-0.2, 0) is 0 Å². The molecule has 3 heteroatoms. The summed E-state index contributed by atoms with van der Waals surface area (Å²) >= 11 is 0. The summed E-state index contributed by atoms with van der Waals surface area (Å²) in [5, 5.41) is 5.64. The number of rotatable bonds is 2. The molecule has 0 saturated heterocycles. The Morgan fingerprint density at radius 2 is 2.18 bits per heavy atom. The Balaban J connectivity index is 2.61. The van der Waals surface area contributed by atoms with Crippen molar-refractivity contribution in [1.29, 1.82) is 0 Å². The lowest BCUT2D eigenvalue weighted by Crippen LogP contribution is -2.13. The van der Waals surface area contributed by atoms with Crippen molar-refractivity contribution in [3.8, 4) is 0 Å². The molecular formula is C8H11N3.